The number of fused-ring (bicyclic) bond motifs is 1. The van der Waals surface area contributed by atoms with Crippen LogP contribution in [0.1, 0.15) is 16.2 Å². The highest BCUT2D eigenvalue weighted by atomic mass is 16.1. The first-order valence-electron chi connectivity index (χ1n) is 4.32. The molecule has 0 saturated carbocycles. The number of carbonyl (C=O) groups is 1. The van der Waals surface area contributed by atoms with Crippen LogP contribution in [0.4, 0.5) is 0 Å². The van der Waals surface area contributed by atoms with Crippen LogP contribution < -0.4 is 5.73 Å². The third-order valence-corrected chi connectivity index (χ3v) is 2.39. The van der Waals surface area contributed by atoms with Gasteiger partial charge in [-0.3, -0.25) is 4.79 Å². The van der Waals surface area contributed by atoms with Gasteiger partial charge in [0.1, 0.15) is 5.82 Å². The molecule has 2 N–H and O–H groups in total. The lowest BCUT2D eigenvalue weighted by Gasteiger charge is -1.97. The van der Waals surface area contributed by atoms with Gasteiger partial charge in [-0.15, -0.1) is 0 Å². The number of imidazole rings is 1. The average molecular weight is 189 g/mol. The fourth-order valence-electron chi connectivity index (χ4n) is 1.47. The van der Waals surface area contributed by atoms with Crippen molar-refractivity contribution in [2.24, 2.45) is 12.8 Å². The number of hydrogen-bond donors (Lipinski definition) is 1. The van der Waals surface area contributed by atoms with Gasteiger partial charge in [-0.05, 0) is 25.1 Å². The van der Waals surface area contributed by atoms with Crippen molar-refractivity contribution < 1.29 is 4.79 Å². The third-order valence-electron chi connectivity index (χ3n) is 2.39. The molecule has 72 valence electrons. The molecule has 0 aliphatic carbocycles. The Hall–Kier alpha value is -1.84. The summed E-state index contributed by atoms with van der Waals surface area (Å²) in [5, 5.41) is 0. The number of amides is 1. The summed E-state index contributed by atoms with van der Waals surface area (Å²) in [5.74, 6) is 0.497. The Morgan fingerprint density at radius 1 is 1.50 bits per heavy atom. The molecule has 4 heteroatoms. The smallest absolute Gasteiger partial charge is 0.248 e. The van der Waals surface area contributed by atoms with E-state index < -0.39 is 5.91 Å². The van der Waals surface area contributed by atoms with E-state index >= 15 is 0 Å². The summed E-state index contributed by atoms with van der Waals surface area (Å²) in [6, 6.07) is 5.28. The van der Waals surface area contributed by atoms with E-state index in [4.69, 9.17) is 5.73 Å². The molecule has 0 fully saturated rings. The maximum atomic E-state index is 10.9. The lowest BCUT2D eigenvalue weighted by atomic mass is 10.2. The van der Waals surface area contributed by atoms with Crippen molar-refractivity contribution in [3.8, 4) is 0 Å². The molecule has 1 aromatic carbocycles. The van der Waals surface area contributed by atoms with Crippen molar-refractivity contribution in [3.05, 3.63) is 29.6 Å². The molecule has 0 spiro atoms. The molecular weight excluding hydrogens is 178 g/mol. The van der Waals surface area contributed by atoms with Crippen molar-refractivity contribution in [1.29, 1.82) is 0 Å². The number of nitrogens with two attached hydrogens (primary N) is 1. The second-order valence-corrected chi connectivity index (χ2v) is 3.29. The number of aromatic nitrogens is 2. The van der Waals surface area contributed by atoms with Crippen LogP contribution in [-0.2, 0) is 7.05 Å². The van der Waals surface area contributed by atoms with E-state index in [9.17, 15) is 4.79 Å². The number of benzene rings is 1. The van der Waals surface area contributed by atoms with Crippen LogP contribution in [0.5, 0.6) is 0 Å². The number of primary amides is 1. The molecule has 0 radical (unpaired) electrons. The van der Waals surface area contributed by atoms with Crippen molar-refractivity contribution >= 4 is 16.9 Å². The van der Waals surface area contributed by atoms with Crippen LogP contribution in [0.15, 0.2) is 18.2 Å². The van der Waals surface area contributed by atoms with Gasteiger partial charge in [0.05, 0.1) is 11.0 Å². The van der Waals surface area contributed by atoms with Crippen LogP contribution in [-0.4, -0.2) is 15.5 Å². The zero-order valence-electron chi connectivity index (χ0n) is 8.11. The average Bonchev–Trinajstić information content (AvgIpc) is 2.42. The van der Waals surface area contributed by atoms with Gasteiger partial charge >= 0.3 is 0 Å². The van der Waals surface area contributed by atoms with E-state index in [2.05, 4.69) is 4.98 Å². The Morgan fingerprint density at radius 3 is 2.86 bits per heavy atom. The van der Waals surface area contributed by atoms with Gasteiger partial charge < -0.3 is 10.3 Å². The molecule has 1 aromatic heterocycles. The summed E-state index contributed by atoms with van der Waals surface area (Å²) in [6.45, 7) is 1.92. The highest BCUT2D eigenvalue weighted by molar-refractivity contribution is 5.96. The molecule has 2 rings (SSSR count). The number of aryl methyl sites for hydroxylation is 2. The largest absolute Gasteiger partial charge is 0.366 e. The van der Waals surface area contributed by atoms with Gasteiger partial charge in [-0.2, -0.15) is 0 Å². The lowest BCUT2D eigenvalue weighted by Crippen LogP contribution is -2.10. The van der Waals surface area contributed by atoms with Crippen molar-refractivity contribution in [3.63, 3.8) is 0 Å². The Balaban J connectivity index is 2.73. The fourth-order valence-corrected chi connectivity index (χ4v) is 1.47. The molecule has 0 unspecified atom stereocenters. The quantitative estimate of drug-likeness (QED) is 0.726. The Bertz CT molecular complexity index is 513. The maximum Gasteiger partial charge on any atom is 0.248 e. The van der Waals surface area contributed by atoms with E-state index in [1.54, 1.807) is 12.1 Å². The molecule has 0 saturated heterocycles. The zero-order chi connectivity index (χ0) is 10.3. The molecule has 0 aliphatic rings. The number of hydrogen-bond acceptors (Lipinski definition) is 2. The minimum Gasteiger partial charge on any atom is -0.366 e. The van der Waals surface area contributed by atoms with Crippen LogP contribution in [0.25, 0.3) is 11.0 Å². The minimum absolute atomic E-state index is 0.421. The molecule has 0 bridgehead atoms. The molecule has 2 aromatic rings. The topological polar surface area (TPSA) is 60.9 Å². The van der Waals surface area contributed by atoms with Crippen LogP contribution >= 0.6 is 0 Å². The summed E-state index contributed by atoms with van der Waals surface area (Å²) in [4.78, 5) is 15.2. The summed E-state index contributed by atoms with van der Waals surface area (Å²) in [7, 11) is 1.94. The van der Waals surface area contributed by atoms with Crippen LogP contribution in [0, 0.1) is 6.92 Å². The first kappa shape index (κ1) is 8.74. The molecule has 0 aliphatic heterocycles. The first-order chi connectivity index (χ1) is 6.59. The van der Waals surface area contributed by atoms with Crippen molar-refractivity contribution in [1.82, 2.24) is 9.55 Å². The molecule has 4 nitrogen and oxygen atoms in total. The van der Waals surface area contributed by atoms with Gasteiger partial charge in [-0.25, -0.2) is 4.98 Å². The fraction of sp³-hybridized carbons (Fsp3) is 0.200. The Kier molecular flexibility index (Phi) is 1.77. The predicted octanol–water partition coefficient (Wildman–Crippen LogP) is 0.981. The van der Waals surface area contributed by atoms with Gasteiger partial charge in [-0.1, -0.05) is 0 Å². The zero-order valence-corrected chi connectivity index (χ0v) is 8.11. The monoisotopic (exact) mass is 189 g/mol. The Labute approximate surface area is 81.3 Å². The molecular formula is C10H11N3O. The highest BCUT2D eigenvalue weighted by Gasteiger charge is 2.06. The summed E-state index contributed by atoms with van der Waals surface area (Å²) < 4.78 is 1.97. The molecule has 1 amide bonds. The summed E-state index contributed by atoms with van der Waals surface area (Å²) >= 11 is 0. The van der Waals surface area contributed by atoms with Crippen LogP contribution in [0.3, 0.4) is 0 Å². The molecule has 1 heterocycles. The maximum absolute atomic E-state index is 10.9. The van der Waals surface area contributed by atoms with Crippen LogP contribution in [0.2, 0.25) is 0 Å². The van der Waals surface area contributed by atoms with E-state index in [0.717, 1.165) is 16.9 Å². The van der Waals surface area contributed by atoms with Gasteiger partial charge in [0, 0.05) is 12.6 Å². The number of nitrogens with zero attached hydrogens (tertiary/aromatic N) is 2. The summed E-state index contributed by atoms with van der Waals surface area (Å²) in [6.07, 6.45) is 0. The SMILES string of the molecule is Cc1nc2cc(C(N)=O)ccc2n1C. The van der Waals surface area contributed by atoms with E-state index in [1.807, 2.05) is 24.6 Å². The highest BCUT2D eigenvalue weighted by Crippen LogP contribution is 2.15. The summed E-state index contributed by atoms with van der Waals surface area (Å²) in [5.41, 5.74) is 7.49. The second kappa shape index (κ2) is 2.83. The molecule has 0 atom stereocenters. The first-order valence-corrected chi connectivity index (χ1v) is 4.32. The van der Waals surface area contributed by atoms with Gasteiger partial charge in [0.15, 0.2) is 0 Å². The normalized spacial score (nSPS) is 10.7. The third kappa shape index (κ3) is 1.16. The van der Waals surface area contributed by atoms with Crippen molar-refractivity contribution in [2.75, 3.05) is 0 Å². The standard InChI is InChI=1S/C10H11N3O/c1-6-12-8-5-7(10(11)14)3-4-9(8)13(6)2/h3-5H,1-2H3,(H2,11,14). The predicted molar refractivity (Wildman–Crippen MR) is 54.0 cm³/mol. The molecule has 14 heavy (non-hydrogen) atoms. The lowest BCUT2D eigenvalue weighted by molar-refractivity contribution is 0.100. The van der Waals surface area contributed by atoms with Crippen molar-refractivity contribution in [2.45, 2.75) is 6.92 Å². The number of carbonyl (C=O) groups excluding carboxylic acids is 1. The van der Waals surface area contributed by atoms with E-state index in [-0.39, 0.29) is 0 Å². The number of rotatable bonds is 1. The van der Waals surface area contributed by atoms with E-state index in [1.165, 1.54) is 0 Å². The van der Waals surface area contributed by atoms with Gasteiger partial charge in [0.25, 0.3) is 0 Å². The van der Waals surface area contributed by atoms with Gasteiger partial charge in [0.2, 0.25) is 5.91 Å². The Morgan fingerprint density at radius 2 is 2.21 bits per heavy atom. The second-order valence-electron chi connectivity index (χ2n) is 3.29. The van der Waals surface area contributed by atoms with E-state index in [0.29, 0.717) is 5.56 Å². The minimum atomic E-state index is -0.421.